The number of halogens is 2. The summed E-state index contributed by atoms with van der Waals surface area (Å²) < 4.78 is 7.79. The number of nitriles is 1. The average molecular weight is 497 g/mol. The highest BCUT2D eigenvalue weighted by molar-refractivity contribution is 9.10. The summed E-state index contributed by atoms with van der Waals surface area (Å²) in [5, 5.41) is 18.0. The van der Waals surface area contributed by atoms with Crippen molar-refractivity contribution in [2.75, 3.05) is 5.32 Å². The summed E-state index contributed by atoms with van der Waals surface area (Å²) in [6.07, 6.45) is 0.533. The number of anilines is 1. The molecule has 31 heavy (non-hydrogen) atoms. The van der Waals surface area contributed by atoms with Crippen LogP contribution in [0.15, 0.2) is 65.3 Å². The molecule has 2 heterocycles. The van der Waals surface area contributed by atoms with Crippen molar-refractivity contribution < 1.29 is 9.53 Å². The van der Waals surface area contributed by atoms with Gasteiger partial charge >= 0.3 is 0 Å². The van der Waals surface area contributed by atoms with Gasteiger partial charge in [0.1, 0.15) is 17.4 Å². The number of para-hydroxylation sites is 1. The monoisotopic (exact) mass is 495 g/mol. The summed E-state index contributed by atoms with van der Waals surface area (Å²) in [6.45, 7) is 1.61. The van der Waals surface area contributed by atoms with Gasteiger partial charge in [-0.2, -0.15) is 15.0 Å². The Hall–Kier alpha value is -3.41. The fraction of sp³-hybridized carbons (Fsp3) is 0.0909. The van der Waals surface area contributed by atoms with E-state index in [1.54, 1.807) is 31.2 Å². The van der Waals surface area contributed by atoms with Crippen LogP contribution in [0.3, 0.4) is 0 Å². The molecule has 1 unspecified atom stereocenters. The SMILES string of the molecule is CC(Oc1ccc(Cl)cc1Br)C(=O)Nc1c(C#N)cnn1-c1ccc2ccccc2n1. The first kappa shape index (κ1) is 20.8. The minimum Gasteiger partial charge on any atom is -0.480 e. The molecule has 154 valence electrons. The Balaban J connectivity index is 1.61. The summed E-state index contributed by atoms with van der Waals surface area (Å²) in [6, 6.07) is 18.4. The van der Waals surface area contributed by atoms with Crippen molar-refractivity contribution in [2.24, 2.45) is 0 Å². The molecule has 7 nitrogen and oxygen atoms in total. The number of carbonyl (C=O) groups excluding carboxylic acids is 1. The lowest BCUT2D eigenvalue weighted by Gasteiger charge is -2.16. The van der Waals surface area contributed by atoms with Crippen LogP contribution in [-0.4, -0.2) is 26.8 Å². The van der Waals surface area contributed by atoms with E-state index in [2.05, 4.69) is 31.3 Å². The topological polar surface area (TPSA) is 92.8 Å². The van der Waals surface area contributed by atoms with Crippen molar-refractivity contribution >= 4 is 50.2 Å². The van der Waals surface area contributed by atoms with Gasteiger partial charge in [-0.1, -0.05) is 29.8 Å². The molecular weight excluding hydrogens is 482 g/mol. The van der Waals surface area contributed by atoms with Gasteiger partial charge < -0.3 is 10.1 Å². The Morgan fingerprint density at radius 1 is 1.26 bits per heavy atom. The van der Waals surface area contributed by atoms with Crippen molar-refractivity contribution in [1.82, 2.24) is 14.8 Å². The lowest BCUT2D eigenvalue weighted by molar-refractivity contribution is -0.122. The molecule has 4 aromatic rings. The summed E-state index contributed by atoms with van der Waals surface area (Å²) in [5.74, 6) is 0.726. The van der Waals surface area contributed by atoms with Crippen LogP contribution in [0.25, 0.3) is 16.7 Å². The lowest BCUT2D eigenvalue weighted by Crippen LogP contribution is -2.31. The van der Waals surface area contributed by atoms with E-state index >= 15 is 0 Å². The van der Waals surface area contributed by atoms with E-state index < -0.39 is 12.0 Å². The van der Waals surface area contributed by atoms with Crippen molar-refractivity contribution in [1.29, 1.82) is 5.26 Å². The number of hydrogen-bond donors (Lipinski definition) is 1. The van der Waals surface area contributed by atoms with Crippen LogP contribution < -0.4 is 10.1 Å². The number of ether oxygens (including phenoxy) is 1. The molecule has 1 atom stereocenters. The van der Waals surface area contributed by atoms with Gasteiger partial charge in [-0.15, -0.1) is 0 Å². The number of rotatable bonds is 5. The van der Waals surface area contributed by atoms with Crippen molar-refractivity contribution in [3.05, 3.63) is 75.9 Å². The first-order chi connectivity index (χ1) is 15.0. The zero-order chi connectivity index (χ0) is 22.0. The highest BCUT2D eigenvalue weighted by atomic mass is 79.9. The minimum absolute atomic E-state index is 0.211. The van der Waals surface area contributed by atoms with Gasteiger partial charge in [0.15, 0.2) is 17.7 Å². The van der Waals surface area contributed by atoms with Crippen LogP contribution in [0.2, 0.25) is 5.02 Å². The molecule has 0 saturated heterocycles. The second-order valence-electron chi connectivity index (χ2n) is 6.62. The molecule has 9 heteroatoms. The molecule has 0 bridgehead atoms. The minimum atomic E-state index is -0.850. The lowest BCUT2D eigenvalue weighted by atomic mass is 10.2. The smallest absolute Gasteiger partial charge is 0.266 e. The van der Waals surface area contributed by atoms with Gasteiger partial charge in [0, 0.05) is 10.4 Å². The third-order valence-electron chi connectivity index (χ3n) is 4.50. The summed E-state index contributed by atoms with van der Waals surface area (Å²) >= 11 is 9.31. The van der Waals surface area contributed by atoms with Crippen LogP contribution in [0.4, 0.5) is 5.82 Å². The van der Waals surface area contributed by atoms with Gasteiger partial charge in [-0.25, -0.2) is 4.98 Å². The number of amides is 1. The van der Waals surface area contributed by atoms with Crippen LogP contribution in [0.1, 0.15) is 12.5 Å². The first-order valence-electron chi connectivity index (χ1n) is 9.23. The molecule has 0 fully saturated rings. The van der Waals surface area contributed by atoms with E-state index in [0.717, 1.165) is 10.9 Å². The van der Waals surface area contributed by atoms with Crippen LogP contribution in [0.5, 0.6) is 5.75 Å². The zero-order valence-corrected chi connectivity index (χ0v) is 18.6. The van der Waals surface area contributed by atoms with Crippen LogP contribution in [0, 0.1) is 11.3 Å². The van der Waals surface area contributed by atoms with Gasteiger partial charge in [-0.05, 0) is 59.3 Å². The number of pyridine rings is 1. The highest BCUT2D eigenvalue weighted by Crippen LogP contribution is 2.29. The molecule has 2 aromatic carbocycles. The molecule has 1 amide bonds. The second-order valence-corrected chi connectivity index (χ2v) is 7.91. The molecule has 0 spiro atoms. The fourth-order valence-corrected chi connectivity index (χ4v) is 3.71. The maximum absolute atomic E-state index is 12.8. The molecule has 0 aliphatic carbocycles. The molecule has 0 aliphatic heterocycles. The Bertz CT molecular complexity index is 1330. The van der Waals surface area contributed by atoms with Crippen LogP contribution >= 0.6 is 27.5 Å². The van der Waals surface area contributed by atoms with Gasteiger partial charge in [0.25, 0.3) is 5.91 Å². The molecule has 4 rings (SSSR count). The number of nitrogens with zero attached hydrogens (tertiary/aromatic N) is 4. The third kappa shape index (κ3) is 4.38. The van der Waals surface area contributed by atoms with Gasteiger partial charge in [0.05, 0.1) is 16.2 Å². The van der Waals surface area contributed by atoms with Crippen molar-refractivity contribution in [2.45, 2.75) is 13.0 Å². The Morgan fingerprint density at radius 2 is 2.06 bits per heavy atom. The van der Waals surface area contributed by atoms with E-state index in [1.165, 1.54) is 10.9 Å². The maximum atomic E-state index is 12.8. The van der Waals surface area contributed by atoms with Crippen molar-refractivity contribution in [3.63, 3.8) is 0 Å². The average Bonchev–Trinajstić information content (AvgIpc) is 3.17. The molecule has 0 aliphatic rings. The molecule has 0 radical (unpaired) electrons. The van der Waals surface area contributed by atoms with Gasteiger partial charge in [-0.3, -0.25) is 4.79 Å². The number of carbonyl (C=O) groups is 1. The quantitative estimate of drug-likeness (QED) is 0.414. The highest BCUT2D eigenvalue weighted by Gasteiger charge is 2.21. The van der Waals surface area contributed by atoms with E-state index in [4.69, 9.17) is 16.3 Å². The molecule has 0 saturated carbocycles. The predicted octanol–water partition coefficient (Wildman–Crippen LogP) is 5.11. The van der Waals surface area contributed by atoms with E-state index in [0.29, 0.717) is 21.1 Å². The fourth-order valence-electron chi connectivity index (χ4n) is 2.93. The molecule has 1 N–H and O–H groups in total. The molecular formula is C22H15BrClN5O2. The van der Waals surface area contributed by atoms with E-state index in [9.17, 15) is 10.1 Å². The summed E-state index contributed by atoms with van der Waals surface area (Å²) in [4.78, 5) is 17.4. The maximum Gasteiger partial charge on any atom is 0.266 e. The Labute approximate surface area is 191 Å². The number of hydrogen-bond acceptors (Lipinski definition) is 5. The van der Waals surface area contributed by atoms with E-state index in [1.807, 2.05) is 36.4 Å². The number of nitrogens with one attached hydrogen (secondary N) is 1. The Morgan fingerprint density at radius 3 is 2.84 bits per heavy atom. The summed E-state index contributed by atoms with van der Waals surface area (Å²) in [7, 11) is 0. The standard InChI is InChI=1S/C22H15BrClN5O2/c1-13(31-19-8-7-16(24)10-17(19)23)22(30)28-21-15(11-25)12-26-29(21)20-9-6-14-4-2-3-5-18(14)27-20/h2-10,12-13H,1H3,(H,28,30). The van der Waals surface area contributed by atoms with Crippen LogP contribution in [-0.2, 0) is 4.79 Å². The number of fused-ring (bicyclic) bond motifs is 1. The number of aromatic nitrogens is 3. The molecule has 2 aromatic heterocycles. The first-order valence-corrected chi connectivity index (χ1v) is 10.4. The number of benzene rings is 2. The third-order valence-corrected chi connectivity index (χ3v) is 5.35. The predicted molar refractivity (Wildman–Crippen MR) is 121 cm³/mol. The Kier molecular flexibility index (Phi) is 5.89. The second kappa shape index (κ2) is 8.76. The normalized spacial score (nSPS) is 11.7. The largest absolute Gasteiger partial charge is 0.480 e. The van der Waals surface area contributed by atoms with Gasteiger partial charge in [0.2, 0.25) is 0 Å². The summed E-state index contributed by atoms with van der Waals surface area (Å²) in [5.41, 5.74) is 0.985. The van der Waals surface area contributed by atoms with Crippen molar-refractivity contribution in [3.8, 4) is 17.6 Å². The zero-order valence-electron chi connectivity index (χ0n) is 16.2. The van der Waals surface area contributed by atoms with E-state index in [-0.39, 0.29) is 11.4 Å².